The number of esters is 1. The summed E-state index contributed by atoms with van der Waals surface area (Å²) in [4.78, 5) is 25.9. The van der Waals surface area contributed by atoms with Crippen molar-refractivity contribution in [1.82, 2.24) is 9.21 Å². The smallest absolute Gasteiger partial charge is 0.308 e. The minimum Gasteiger partial charge on any atom is -0.469 e. The maximum atomic E-state index is 12.3. The van der Waals surface area contributed by atoms with E-state index in [4.69, 9.17) is 16.3 Å². The van der Waals surface area contributed by atoms with Gasteiger partial charge in [0.05, 0.1) is 35.2 Å². The molecule has 2 rings (SSSR count). The maximum absolute atomic E-state index is 12.3. The van der Waals surface area contributed by atoms with Gasteiger partial charge < -0.3 is 10.1 Å². The minimum atomic E-state index is -3.63. The lowest BCUT2D eigenvalue weighted by molar-refractivity contribution is -0.147. The Hall–Kier alpha value is -1.68. The molecule has 1 saturated heterocycles. The van der Waals surface area contributed by atoms with Gasteiger partial charge in [-0.3, -0.25) is 14.5 Å². The van der Waals surface area contributed by atoms with E-state index in [2.05, 4.69) is 5.32 Å². The molecule has 0 spiro atoms. The third-order valence-corrected chi connectivity index (χ3v) is 6.62. The molecule has 27 heavy (non-hydrogen) atoms. The Balaban J connectivity index is 1.99. The van der Waals surface area contributed by atoms with Gasteiger partial charge in [-0.2, -0.15) is 0 Å². The van der Waals surface area contributed by atoms with Gasteiger partial charge in [0, 0.05) is 14.1 Å². The summed E-state index contributed by atoms with van der Waals surface area (Å²) in [6.07, 6.45) is 1.27. The lowest BCUT2D eigenvalue weighted by Crippen LogP contribution is -2.41. The number of likely N-dealkylation sites (tertiary alicyclic amines) is 1. The summed E-state index contributed by atoms with van der Waals surface area (Å²) < 4.78 is 30.3. The number of benzene rings is 1. The second-order valence-corrected chi connectivity index (χ2v) is 9.11. The molecule has 1 heterocycles. The van der Waals surface area contributed by atoms with E-state index in [1.807, 2.05) is 4.90 Å². The summed E-state index contributed by atoms with van der Waals surface area (Å²) in [5.41, 5.74) is 0.244. The van der Waals surface area contributed by atoms with Crippen molar-refractivity contribution in [3.8, 4) is 0 Å². The van der Waals surface area contributed by atoms with Crippen molar-refractivity contribution in [2.24, 2.45) is 5.92 Å². The van der Waals surface area contributed by atoms with E-state index < -0.39 is 10.0 Å². The van der Waals surface area contributed by atoms with E-state index in [9.17, 15) is 18.0 Å². The monoisotopic (exact) mass is 417 g/mol. The van der Waals surface area contributed by atoms with Crippen LogP contribution in [0.4, 0.5) is 5.69 Å². The Morgan fingerprint density at radius 2 is 1.93 bits per heavy atom. The number of halogens is 1. The summed E-state index contributed by atoms with van der Waals surface area (Å²) in [7, 11) is 0.606. The molecule has 0 aromatic heterocycles. The highest BCUT2D eigenvalue weighted by molar-refractivity contribution is 7.89. The van der Waals surface area contributed by atoms with Crippen molar-refractivity contribution in [2.45, 2.75) is 17.7 Å². The van der Waals surface area contributed by atoms with Crippen LogP contribution in [0.15, 0.2) is 23.1 Å². The van der Waals surface area contributed by atoms with Crippen LogP contribution in [0.1, 0.15) is 12.8 Å². The van der Waals surface area contributed by atoms with Crippen LogP contribution >= 0.6 is 11.6 Å². The Kier molecular flexibility index (Phi) is 7.21. The van der Waals surface area contributed by atoms with Crippen molar-refractivity contribution < 1.29 is 22.7 Å². The second kappa shape index (κ2) is 9.01. The molecule has 1 aliphatic heterocycles. The number of hydrogen-bond acceptors (Lipinski definition) is 6. The number of ether oxygens (including phenoxy) is 1. The summed E-state index contributed by atoms with van der Waals surface area (Å²) in [6.45, 7) is 1.35. The average Bonchev–Trinajstić information content (AvgIpc) is 2.63. The predicted octanol–water partition coefficient (Wildman–Crippen LogP) is 1.41. The fourth-order valence-electron chi connectivity index (χ4n) is 2.86. The lowest BCUT2D eigenvalue weighted by atomic mass is 9.97. The highest BCUT2D eigenvalue weighted by atomic mass is 35.5. The van der Waals surface area contributed by atoms with Crippen LogP contribution in [0.2, 0.25) is 5.02 Å². The van der Waals surface area contributed by atoms with Gasteiger partial charge in [-0.1, -0.05) is 11.6 Å². The second-order valence-electron chi connectivity index (χ2n) is 6.55. The van der Waals surface area contributed by atoms with Crippen LogP contribution in [-0.2, 0) is 24.3 Å². The van der Waals surface area contributed by atoms with Gasteiger partial charge in [-0.05, 0) is 44.1 Å². The van der Waals surface area contributed by atoms with Gasteiger partial charge in [0.25, 0.3) is 0 Å². The standard InChI is InChI=1S/C17H24ClN3O5S/c1-20(2)27(24,25)13-4-5-14(18)15(10-13)19-16(22)11-21-8-6-12(7-9-21)17(23)26-3/h4-5,10,12H,6-9,11H2,1-3H3,(H,19,22). The van der Waals surface area contributed by atoms with Gasteiger partial charge in [0.1, 0.15) is 0 Å². The lowest BCUT2D eigenvalue weighted by Gasteiger charge is -2.30. The first kappa shape index (κ1) is 21.6. The molecule has 1 aliphatic rings. The molecule has 0 atom stereocenters. The van der Waals surface area contributed by atoms with Crippen molar-refractivity contribution in [3.63, 3.8) is 0 Å². The third-order valence-electron chi connectivity index (χ3n) is 4.48. The number of methoxy groups -OCH3 is 1. The van der Waals surface area contributed by atoms with Crippen LogP contribution in [0, 0.1) is 5.92 Å². The molecular weight excluding hydrogens is 394 g/mol. The molecule has 1 aromatic rings. The Morgan fingerprint density at radius 3 is 2.48 bits per heavy atom. The van der Waals surface area contributed by atoms with Crippen LogP contribution in [0.3, 0.4) is 0 Å². The van der Waals surface area contributed by atoms with E-state index in [1.165, 1.54) is 39.4 Å². The number of rotatable bonds is 6. The Bertz CT molecular complexity index is 805. The predicted molar refractivity (Wildman–Crippen MR) is 102 cm³/mol. The van der Waals surface area contributed by atoms with Gasteiger partial charge in [0.2, 0.25) is 15.9 Å². The van der Waals surface area contributed by atoms with Gasteiger partial charge in [0.15, 0.2) is 0 Å². The number of carbonyl (C=O) groups is 2. The van der Waals surface area contributed by atoms with E-state index in [0.29, 0.717) is 25.9 Å². The Morgan fingerprint density at radius 1 is 1.30 bits per heavy atom. The maximum Gasteiger partial charge on any atom is 0.308 e. The topological polar surface area (TPSA) is 96.0 Å². The summed E-state index contributed by atoms with van der Waals surface area (Å²) in [6, 6.07) is 4.18. The first-order chi connectivity index (χ1) is 12.6. The van der Waals surface area contributed by atoms with Crippen molar-refractivity contribution in [3.05, 3.63) is 23.2 Å². The van der Waals surface area contributed by atoms with E-state index in [1.54, 1.807) is 0 Å². The fraction of sp³-hybridized carbons (Fsp3) is 0.529. The molecule has 0 aliphatic carbocycles. The van der Waals surface area contributed by atoms with Crippen molar-refractivity contribution in [2.75, 3.05) is 46.2 Å². The van der Waals surface area contributed by atoms with Crippen molar-refractivity contribution in [1.29, 1.82) is 0 Å². The van der Waals surface area contributed by atoms with Gasteiger partial charge in [-0.25, -0.2) is 12.7 Å². The van der Waals surface area contributed by atoms with Gasteiger partial charge in [-0.15, -0.1) is 0 Å². The van der Waals surface area contributed by atoms with Crippen LogP contribution < -0.4 is 5.32 Å². The quantitative estimate of drug-likeness (QED) is 0.703. The normalized spacial score (nSPS) is 16.3. The van der Waals surface area contributed by atoms with Crippen LogP contribution in [0.25, 0.3) is 0 Å². The zero-order valence-electron chi connectivity index (χ0n) is 15.6. The molecular formula is C17H24ClN3O5S. The number of carbonyl (C=O) groups excluding carboxylic acids is 2. The molecule has 8 nitrogen and oxygen atoms in total. The van der Waals surface area contributed by atoms with Crippen LogP contribution in [0.5, 0.6) is 0 Å². The first-order valence-electron chi connectivity index (χ1n) is 8.47. The molecule has 0 unspecified atom stereocenters. The largest absolute Gasteiger partial charge is 0.469 e. The molecule has 0 saturated carbocycles. The number of nitrogens with one attached hydrogen (secondary N) is 1. The number of sulfonamides is 1. The minimum absolute atomic E-state index is 0.0473. The van der Waals surface area contributed by atoms with E-state index >= 15 is 0 Å². The SMILES string of the molecule is COC(=O)C1CCN(CC(=O)Nc2cc(S(=O)(=O)N(C)C)ccc2Cl)CC1. The Labute approximate surface area is 164 Å². The molecule has 1 amide bonds. The molecule has 150 valence electrons. The van der Waals surface area contributed by atoms with Gasteiger partial charge >= 0.3 is 5.97 Å². The zero-order valence-corrected chi connectivity index (χ0v) is 17.1. The number of nitrogens with zero attached hydrogens (tertiary/aromatic N) is 2. The fourth-order valence-corrected chi connectivity index (χ4v) is 3.95. The first-order valence-corrected chi connectivity index (χ1v) is 10.3. The molecule has 1 aromatic carbocycles. The number of hydrogen-bond donors (Lipinski definition) is 1. The molecule has 1 fully saturated rings. The molecule has 10 heteroatoms. The van der Waals surface area contributed by atoms with E-state index in [0.717, 1.165) is 4.31 Å². The average molecular weight is 418 g/mol. The van der Waals surface area contributed by atoms with Crippen LogP contribution in [-0.4, -0.2) is 70.3 Å². The number of anilines is 1. The zero-order chi connectivity index (χ0) is 20.2. The van der Waals surface area contributed by atoms with Crippen molar-refractivity contribution >= 4 is 39.2 Å². The molecule has 1 N–H and O–H groups in total. The summed E-state index contributed by atoms with van der Waals surface area (Å²) in [5.74, 6) is -0.644. The summed E-state index contributed by atoms with van der Waals surface area (Å²) >= 11 is 6.09. The summed E-state index contributed by atoms with van der Waals surface area (Å²) in [5, 5.41) is 2.92. The molecule has 0 radical (unpaired) electrons. The highest BCUT2D eigenvalue weighted by Gasteiger charge is 2.26. The third kappa shape index (κ3) is 5.41. The number of amides is 1. The highest BCUT2D eigenvalue weighted by Crippen LogP contribution is 2.26. The number of piperidine rings is 1. The molecule has 0 bridgehead atoms. The van der Waals surface area contributed by atoms with E-state index in [-0.39, 0.29) is 39.9 Å².